The van der Waals surface area contributed by atoms with Gasteiger partial charge in [-0.3, -0.25) is 9.25 Å². The first-order valence-electron chi connectivity index (χ1n) is 9.08. The van der Waals surface area contributed by atoms with Crippen LogP contribution in [0.4, 0.5) is 13.2 Å². The molecule has 4 aromatic rings. The highest BCUT2D eigenvalue weighted by atomic mass is 35.5. The third kappa shape index (κ3) is 3.40. The van der Waals surface area contributed by atoms with Crippen molar-refractivity contribution in [3.05, 3.63) is 64.3 Å². The van der Waals surface area contributed by atoms with Crippen LogP contribution in [-0.2, 0) is 19.6 Å². The van der Waals surface area contributed by atoms with E-state index in [1.165, 1.54) is 6.07 Å². The Hall–Kier alpha value is -2.80. The fourth-order valence-electron chi connectivity index (χ4n) is 3.30. The molecule has 4 rings (SSSR count). The number of rotatable bonds is 3. The quantitative estimate of drug-likeness (QED) is 0.411. The van der Waals surface area contributed by atoms with E-state index in [4.69, 9.17) is 11.6 Å². The topological polar surface area (TPSA) is 35.6 Å². The predicted molar refractivity (Wildman–Crippen MR) is 107 cm³/mol. The molecule has 29 heavy (non-hydrogen) atoms. The van der Waals surface area contributed by atoms with E-state index in [0.717, 1.165) is 29.4 Å². The number of halogens is 4. The largest absolute Gasteiger partial charge is 0.417 e. The van der Waals surface area contributed by atoms with Crippen LogP contribution < -0.4 is 0 Å². The number of hydrogen-bond donors (Lipinski definition) is 0. The highest BCUT2D eigenvalue weighted by molar-refractivity contribution is 6.32. The van der Waals surface area contributed by atoms with Gasteiger partial charge in [0.15, 0.2) is 5.82 Å². The van der Waals surface area contributed by atoms with Crippen molar-refractivity contribution in [1.29, 1.82) is 0 Å². The fourth-order valence-corrected chi connectivity index (χ4v) is 3.56. The Labute approximate surface area is 170 Å². The summed E-state index contributed by atoms with van der Waals surface area (Å²) in [6.45, 7) is 3.96. The van der Waals surface area contributed by atoms with Gasteiger partial charge >= 0.3 is 6.18 Å². The molecule has 0 spiro atoms. The third-order valence-electron chi connectivity index (χ3n) is 4.99. The summed E-state index contributed by atoms with van der Waals surface area (Å²) >= 11 is 6.00. The molecule has 4 nitrogen and oxygen atoms in total. The van der Waals surface area contributed by atoms with Crippen molar-refractivity contribution in [2.75, 3.05) is 0 Å². The molecule has 0 fully saturated rings. The lowest BCUT2D eigenvalue weighted by Gasteiger charge is -2.11. The summed E-state index contributed by atoms with van der Waals surface area (Å²) in [6, 6.07) is 12.0. The summed E-state index contributed by atoms with van der Waals surface area (Å²) in [7, 11) is 1.81. The van der Waals surface area contributed by atoms with Gasteiger partial charge in [0, 0.05) is 18.4 Å². The molecule has 0 unspecified atom stereocenters. The standard InChI is InChI=1S/C21H18ClF3N4/c1-4-13-5-7-14(8-6-13)29-19-11-16(22)15(21(23,24)25)10-17(19)26-20(29)18-9-12(2)28(3)27-18/h5-11H,4H2,1-3H3. The van der Waals surface area contributed by atoms with Gasteiger partial charge in [-0.15, -0.1) is 0 Å². The summed E-state index contributed by atoms with van der Waals surface area (Å²) in [5, 5.41) is 4.11. The van der Waals surface area contributed by atoms with Gasteiger partial charge in [-0.05, 0) is 49.2 Å². The lowest BCUT2D eigenvalue weighted by molar-refractivity contribution is -0.137. The van der Waals surface area contributed by atoms with Gasteiger partial charge in [-0.2, -0.15) is 18.3 Å². The first-order chi connectivity index (χ1) is 13.7. The maximum atomic E-state index is 13.3. The SMILES string of the molecule is CCc1ccc(-n2c(-c3cc(C)n(C)n3)nc3cc(C(F)(F)F)c(Cl)cc32)cc1. The summed E-state index contributed by atoms with van der Waals surface area (Å²) in [5.41, 5.74) is 3.22. The Bertz CT molecular complexity index is 1180. The molecule has 8 heteroatoms. The molecule has 0 bridgehead atoms. The molecular weight excluding hydrogens is 401 g/mol. The molecule has 2 heterocycles. The van der Waals surface area contributed by atoms with E-state index < -0.39 is 11.7 Å². The molecule has 0 atom stereocenters. The van der Waals surface area contributed by atoms with Crippen LogP contribution in [0, 0.1) is 6.92 Å². The molecule has 2 aromatic heterocycles. The number of alkyl halides is 3. The molecule has 0 N–H and O–H groups in total. The van der Waals surface area contributed by atoms with E-state index in [1.807, 2.05) is 37.3 Å². The number of aromatic nitrogens is 4. The van der Waals surface area contributed by atoms with Crippen molar-refractivity contribution in [2.24, 2.45) is 7.05 Å². The van der Waals surface area contributed by atoms with Gasteiger partial charge in [0.2, 0.25) is 0 Å². The van der Waals surface area contributed by atoms with E-state index in [1.54, 1.807) is 16.3 Å². The maximum absolute atomic E-state index is 13.3. The molecule has 0 saturated carbocycles. The van der Waals surface area contributed by atoms with Crippen molar-refractivity contribution in [3.63, 3.8) is 0 Å². The van der Waals surface area contributed by atoms with Crippen LogP contribution >= 0.6 is 11.6 Å². The van der Waals surface area contributed by atoms with Gasteiger partial charge in [0.25, 0.3) is 0 Å². The Kier molecular flexibility index (Phi) is 4.65. The van der Waals surface area contributed by atoms with Gasteiger partial charge in [-0.25, -0.2) is 4.98 Å². The number of hydrogen-bond acceptors (Lipinski definition) is 2. The first-order valence-corrected chi connectivity index (χ1v) is 9.46. The monoisotopic (exact) mass is 418 g/mol. The van der Waals surface area contributed by atoms with Gasteiger partial charge in [0.05, 0.1) is 21.6 Å². The van der Waals surface area contributed by atoms with Crippen LogP contribution in [0.2, 0.25) is 5.02 Å². The van der Waals surface area contributed by atoms with Crippen LogP contribution in [0.25, 0.3) is 28.2 Å². The Balaban J connectivity index is 2.03. The number of fused-ring (bicyclic) bond motifs is 1. The molecule has 0 aliphatic carbocycles. The normalized spacial score (nSPS) is 12.1. The van der Waals surface area contributed by atoms with E-state index in [9.17, 15) is 13.2 Å². The summed E-state index contributed by atoms with van der Waals surface area (Å²) in [6.07, 6.45) is -3.67. The van der Waals surface area contributed by atoms with Gasteiger partial charge < -0.3 is 0 Å². The van der Waals surface area contributed by atoms with Crippen LogP contribution in [0.1, 0.15) is 23.7 Å². The van der Waals surface area contributed by atoms with Crippen LogP contribution in [0.15, 0.2) is 42.5 Å². The van der Waals surface area contributed by atoms with Crippen LogP contribution in [-0.4, -0.2) is 19.3 Å². The van der Waals surface area contributed by atoms with Crippen molar-refractivity contribution >= 4 is 22.6 Å². The number of nitrogens with zero attached hydrogens (tertiary/aromatic N) is 4. The fraction of sp³-hybridized carbons (Fsp3) is 0.238. The van der Waals surface area contributed by atoms with Gasteiger partial charge in [-0.1, -0.05) is 30.7 Å². The molecule has 0 aliphatic heterocycles. The molecule has 0 radical (unpaired) electrons. The summed E-state index contributed by atoms with van der Waals surface area (Å²) in [4.78, 5) is 4.50. The van der Waals surface area contributed by atoms with Gasteiger partial charge in [0.1, 0.15) is 5.69 Å². The van der Waals surface area contributed by atoms with E-state index in [2.05, 4.69) is 17.0 Å². The molecule has 0 amide bonds. The number of imidazole rings is 1. The second-order valence-electron chi connectivity index (χ2n) is 6.90. The molecule has 2 aromatic carbocycles. The third-order valence-corrected chi connectivity index (χ3v) is 5.31. The maximum Gasteiger partial charge on any atom is 0.417 e. The average molecular weight is 419 g/mol. The van der Waals surface area contributed by atoms with Crippen molar-refractivity contribution < 1.29 is 13.2 Å². The lowest BCUT2D eigenvalue weighted by atomic mass is 10.1. The zero-order valence-electron chi connectivity index (χ0n) is 16.0. The zero-order chi connectivity index (χ0) is 20.9. The lowest BCUT2D eigenvalue weighted by Crippen LogP contribution is -2.06. The highest BCUT2D eigenvalue weighted by Crippen LogP contribution is 2.39. The second-order valence-corrected chi connectivity index (χ2v) is 7.31. The molecule has 0 aliphatic rings. The summed E-state index contributed by atoms with van der Waals surface area (Å²) in [5.74, 6) is 0.461. The second kappa shape index (κ2) is 6.91. The first kappa shape index (κ1) is 19.5. The number of benzene rings is 2. The van der Waals surface area contributed by atoms with Crippen LogP contribution in [0.5, 0.6) is 0 Å². The number of aryl methyl sites for hydroxylation is 3. The predicted octanol–water partition coefficient (Wildman–Crippen LogP) is 5.97. The summed E-state index contributed by atoms with van der Waals surface area (Å²) < 4.78 is 43.5. The highest BCUT2D eigenvalue weighted by Gasteiger charge is 2.34. The Morgan fingerprint density at radius 3 is 2.31 bits per heavy atom. The molecule has 0 saturated heterocycles. The Morgan fingerprint density at radius 2 is 1.76 bits per heavy atom. The zero-order valence-corrected chi connectivity index (χ0v) is 16.8. The minimum atomic E-state index is -4.56. The molecular formula is C21H18ClF3N4. The smallest absolute Gasteiger partial charge is 0.291 e. The minimum Gasteiger partial charge on any atom is -0.291 e. The van der Waals surface area contributed by atoms with Crippen molar-refractivity contribution in [1.82, 2.24) is 19.3 Å². The van der Waals surface area contributed by atoms with E-state index in [0.29, 0.717) is 17.0 Å². The molecule has 150 valence electrons. The van der Waals surface area contributed by atoms with Crippen LogP contribution in [0.3, 0.4) is 0 Å². The van der Waals surface area contributed by atoms with E-state index >= 15 is 0 Å². The average Bonchev–Trinajstić information content (AvgIpc) is 3.20. The van der Waals surface area contributed by atoms with E-state index in [-0.39, 0.29) is 10.5 Å². The van der Waals surface area contributed by atoms with Crippen molar-refractivity contribution in [3.8, 4) is 17.2 Å². The Morgan fingerprint density at radius 1 is 1.07 bits per heavy atom. The van der Waals surface area contributed by atoms with Crippen molar-refractivity contribution in [2.45, 2.75) is 26.4 Å². The minimum absolute atomic E-state index is 0.208.